The summed E-state index contributed by atoms with van der Waals surface area (Å²) in [6.07, 6.45) is 0.271. The van der Waals surface area contributed by atoms with E-state index in [1.807, 2.05) is 108 Å². The summed E-state index contributed by atoms with van der Waals surface area (Å²) in [5, 5.41) is 33.3. The number of ether oxygens (including phenoxy) is 1. The molecule has 4 N–H and O–H groups in total. The number of Topliss-reactive ketones (excluding diaryl/α,β-unsaturated/α-hetero) is 3. The number of aryl methyl sites for hydroxylation is 5. The number of nitrogens with zero attached hydrogens (tertiary/aromatic N) is 8. The highest BCUT2D eigenvalue weighted by molar-refractivity contribution is 7.13. The molecule has 4 saturated heterocycles. The van der Waals surface area contributed by atoms with E-state index in [-0.39, 0.29) is 129 Å². The molecule has 0 bridgehead atoms. The Bertz CT molecular complexity index is 4350. The molecular weight excluding hydrogens is 1390 g/mol. The summed E-state index contributed by atoms with van der Waals surface area (Å²) in [6, 6.07) is 32.5. The summed E-state index contributed by atoms with van der Waals surface area (Å²) < 4.78 is 20.3. The summed E-state index contributed by atoms with van der Waals surface area (Å²) in [5.74, 6) is -2.67. The normalized spacial score (nSPS) is 20.3. The zero-order chi connectivity index (χ0) is 75.6. The molecule has 106 heavy (non-hydrogen) atoms. The topological polar surface area (TPSA) is 281 Å². The van der Waals surface area contributed by atoms with Crippen LogP contribution in [0, 0.1) is 31.5 Å². The van der Waals surface area contributed by atoms with Gasteiger partial charge in [0.1, 0.15) is 17.9 Å². The average Bonchev–Trinajstić information content (AvgIpc) is 1.62. The minimum Gasteiger partial charge on any atom is -0.391 e. The molecule has 0 aliphatic carbocycles. The van der Waals surface area contributed by atoms with Crippen molar-refractivity contribution in [1.82, 2.24) is 39.8 Å². The van der Waals surface area contributed by atoms with Crippen LogP contribution in [0.25, 0.3) is 20.9 Å². The van der Waals surface area contributed by atoms with Crippen LogP contribution >= 0.6 is 22.7 Å². The van der Waals surface area contributed by atoms with Gasteiger partial charge in [-0.2, -0.15) is 0 Å². The summed E-state index contributed by atoms with van der Waals surface area (Å²) in [6.45, 7) is 16.8. The number of carbonyl (C=O) groups is 9. The molecule has 5 aromatic carbocycles. The SMILES string of the molecule is CC(=O)NCC(=O)N1C[C@H](O)C[C@H]1C(=O)CCc1ccc(-c2scnc2C)cc1.CC(C)[C@@H](C(=O)N1C[C@H](O)C[C@H]1C(=O)CCc1ccc(N2CCOCC2)cc1)N1Cc2ccccc2C1=O.Cc1ncsc1-c1ccc(CCC(=O)[C@@H]2C[C@@H](O)CN2C(=O)[C@H](C(C)C)N2Cc3ccccc3C2=O)c(F)c1. The highest BCUT2D eigenvalue weighted by atomic mass is 32.1. The highest BCUT2D eigenvalue weighted by Gasteiger charge is 2.48. The second-order valence-corrected chi connectivity index (χ2v) is 30.6. The number of carbonyl (C=O) groups excluding carboxylic acids is 9. The second-order valence-electron chi connectivity index (χ2n) is 28.9. The van der Waals surface area contributed by atoms with Crippen molar-refractivity contribution in [3.8, 4) is 20.9 Å². The van der Waals surface area contributed by atoms with Crippen molar-refractivity contribution < 1.29 is 67.6 Å². The van der Waals surface area contributed by atoms with Crippen LogP contribution in [0.2, 0.25) is 0 Å². The first kappa shape index (κ1) is 77.8. The zero-order valence-corrected chi connectivity index (χ0v) is 62.7. The number of fused-ring (bicyclic) bond motifs is 2. The molecule has 0 saturated carbocycles. The maximum absolute atomic E-state index is 14.9. The molecule has 7 aromatic rings. The molecule has 2 aromatic heterocycles. The van der Waals surface area contributed by atoms with Crippen molar-refractivity contribution in [1.29, 1.82) is 0 Å². The number of aliphatic hydroxyl groups excluding tert-OH is 3. The van der Waals surface area contributed by atoms with Gasteiger partial charge >= 0.3 is 0 Å². The van der Waals surface area contributed by atoms with Gasteiger partial charge in [0.15, 0.2) is 17.3 Å². The summed E-state index contributed by atoms with van der Waals surface area (Å²) in [4.78, 5) is 137. The summed E-state index contributed by atoms with van der Waals surface area (Å²) >= 11 is 3.05. The van der Waals surface area contributed by atoms with Gasteiger partial charge in [0.2, 0.25) is 23.6 Å². The van der Waals surface area contributed by atoms with Crippen molar-refractivity contribution in [3.05, 3.63) is 182 Å². The lowest BCUT2D eigenvalue weighted by Gasteiger charge is -2.35. The number of rotatable bonds is 23. The van der Waals surface area contributed by atoms with Crippen molar-refractivity contribution in [3.63, 3.8) is 0 Å². The van der Waals surface area contributed by atoms with Gasteiger partial charge in [0.25, 0.3) is 11.8 Å². The number of aliphatic hydroxyl groups is 3. The first-order valence-corrected chi connectivity index (χ1v) is 38.2. The third-order valence-electron chi connectivity index (χ3n) is 20.8. The van der Waals surface area contributed by atoms with Gasteiger partial charge in [0.05, 0.1) is 88.4 Å². The van der Waals surface area contributed by atoms with Crippen LogP contribution in [-0.2, 0) is 70.7 Å². The molecule has 22 nitrogen and oxygen atoms in total. The number of benzene rings is 5. The van der Waals surface area contributed by atoms with Crippen molar-refractivity contribution in [2.75, 3.05) is 57.4 Å². The van der Waals surface area contributed by atoms with Gasteiger partial charge in [-0.25, -0.2) is 14.4 Å². The lowest BCUT2D eigenvalue weighted by atomic mass is 9.97. The average molecular weight is 1480 g/mol. The monoisotopic (exact) mass is 1480 g/mol. The number of likely N-dealkylation sites (tertiary alicyclic amines) is 3. The Morgan fingerprint density at radius 3 is 1.42 bits per heavy atom. The molecule has 6 aliphatic rings. The lowest BCUT2D eigenvalue weighted by Crippen LogP contribution is -2.54. The molecule has 560 valence electrons. The Morgan fingerprint density at radius 2 is 0.991 bits per heavy atom. The zero-order valence-electron chi connectivity index (χ0n) is 61.0. The molecule has 8 atom stereocenters. The van der Waals surface area contributed by atoms with Gasteiger partial charge in [-0.15, -0.1) is 22.7 Å². The predicted molar refractivity (Wildman–Crippen MR) is 401 cm³/mol. The van der Waals surface area contributed by atoms with E-state index in [0.29, 0.717) is 55.5 Å². The number of morpholine rings is 1. The fraction of sp³-hybridized carbons (Fsp3) is 0.444. The van der Waals surface area contributed by atoms with Crippen molar-refractivity contribution in [2.45, 2.75) is 168 Å². The number of thiazole rings is 2. The quantitative estimate of drug-likeness (QED) is 0.0465. The van der Waals surface area contributed by atoms with Crippen LogP contribution in [0.15, 0.2) is 126 Å². The maximum Gasteiger partial charge on any atom is 0.255 e. The van der Waals surface area contributed by atoms with E-state index in [4.69, 9.17) is 4.74 Å². The van der Waals surface area contributed by atoms with Crippen LogP contribution in [0.5, 0.6) is 0 Å². The number of amides is 6. The summed E-state index contributed by atoms with van der Waals surface area (Å²) in [5.41, 5.74) is 13.9. The Hall–Kier alpha value is -9.24. The predicted octanol–water partition coefficient (Wildman–Crippen LogP) is 8.79. The van der Waals surface area contributed by atoms with E-state index >= 15 is 0 Å². The van der Waals surface area contributed by atoms with Crippen LogP contribution in [0.4, 0.5) is 10.1 Å². The molecule has 4 fully saturated rings. The first-order chi connectivity index (χ1) is 50.8. The molecule has 6 aliphatic heterocycles. The third kappa shape index (κ3) is 18.2. The fourth-order valence-electron chi connectivity index (χ4n) is 15.2. The number of β-amino-alcohol motifs (C(OH)–C–C–N with tert-alkyl or cyclic N) is 3. The minimum atomic E-state index is -0.833. The first-order valence-electron chi connectivity index (χ1n) is 36.5. The molecule has 25 heteroatoms. The molecule has 0 radical (unpaired) electrons. The van der Waals surface area contributed by atoms with E-state index in [1.165, 1.54) is 39.0 Å². The van der Waals surface area contributed by atoms with E-state index < -0.39 is 48.5 Å². The van der Waals surface area contributed by atoms with Crippen LogP contribution < -0.4 is 10.2 Å². The van der Waals surface area contributed by atoms with E-state index in [0.717, 1.165) is 86.5 Å². The molecule has 0 spiro atoms. The molecule has 6 amide bonds. The van der Waals surface area contributed by atoms with E-state index in [1.54, 1.807) is 50.9 Å². The number of ketones is 3. The Labute approximate surface area is 625 Å². The number of aromatic nitrogens is 2. The molecule has 13 rings (SSSR count). The highest BCUT2D eigenvalue weighted by Crippen LogP contribution is 2.36. The molecular formula is C81H94FN9O13S2. The van der Waals surface area contributed by atoms with E-state index in [9.17, 15) is 62.9 Å². The van der Waals surface area contributed by atoms with E-state index in [2.05, 4.69) is 44.5 Å². The second kappa shape index (κ2) is 35.0. The number of hydrogen-bond acceptors (Lipinski definition) is 18. The molecule has 0 unspecified atom stereocenters. The van der Waals surface area contributed by atoms with Gasteiger partial charge < -0.3 is 54.8 Å². The van der Waals surface area contributed by atoms with Gasteiger partial charge in [0, 0.05) is 108 Å². The minimum absolute atomic E-state index is 0.0324. The smallest absolute Gasteiger partial charge is 0.255 e. The van der Waals surface area contributed by atoms with Gasteiger partial charge in [-0.1, -0.05) is 113 Å². The van der Waals surface area contributed by atoms with Crippen LogP contribution in [-0.4, -0.2) is 204 Å². The van der Waals surface area contributed by atoms with Crippen molar-refractivity contribution >= 4 is 81.2 Å². The van der Waals surface area contributed by atoms with Gasteiger partial charge in [-0.05, 0) is 114 Å². The Morgan fingerprint density at radius 1 is 0.566 bits per heavy atom. The fourth-order valence-corrected chi connectivity index (χ4v) is 16.8. The van der Waals surface area contributed by atoms with Crippen LogP contribution in [0.1, 0.15) is 133 Å². The Kier molecular flexibility index (Phi) is 25.7. The van der Waals surface area contributed by atoms with Crippen molar-refractivity contribution in [2.24, 2.45) is 11.8 Å². The maximum atomic E-state index is 14.9. The number of hydrogen-bond donors (Lipinski definition) is 4. The summed E-state index contributed by atoms with van der Waals surface area (Å²) in [7, 11) is 0. The largest absolute Gasteiger partial charge is 0.391 e. The standard InChI is InChI=1S/C30H32FN3O4S.C30H37N3O5.C21H25N3O4S/c1-17(2)27(34-14-21-6-4-5-7-23(21)29(34)37)30(38)33-15-22(35)13-25(33)26(36)11-10-19-8-9-20(12-24(19)31)28-18(3)32-16-39-28;1-20(2)28(33-18-22-5-3-4-6-25(22)29(33)36)30(37)32-19-24(34)17-26(32)27(35)12-9-21-7-10-23(11-8-21)31-13-15-38-16-14-31;1-13-21(29-12-23-13)16-6-3-15(4-7-16)5-8-19(27)18-9-17(26)11-24(18)20(28)10-22-14(2)25/h4-9,12,16-17,22,25,27,35H,10-11,13-15H2,1-3H3;3-8,10-11,20,24,26,28,34H,9,12-19H2,1-2H3;3-4,6-7,12,17-18,26H,5,8-11H2,1-2H3,(H,22,25)/t22-,25+,27+;24-,26+,28+;17-,18+/m111/s1. The number of nitrogens with one attached hydrogen (secondary N) is 1. The van der Waals surface area contributed by atoms with Crippen LogP contribution in [0.3, 0.4) is 0 Å². The number of anilines is 1. The lowest BCUT2D eigenvalue weighted by molar-refractivity contribution is -0.143. The Balaban J connectivity index is 0.000000161. The molecule has 8 heterocycles. The number of halogens is 1. The third-order valence-corrected chi connectivity index (χ3v) is 22.7. The van der Waals surface area contributed by atoms with Gasteiger partial charge in [-0.3, -0.25) is 43.2 Å².